The van der Waals surface area contributed by atoms with Crippen LogP contribution in [0, 0.1) is 0 Å². The predicted octanol–water partition coefficient (Wildman–Crippen LogP) is 4.24. The zero-order chi connectivity index (χ0) is 18.4. The van der Waals surface area contributed by atoms with E-state index in [1.807, 2.05) is 49.4 Å². The van der Waals surface area contributed by atoms with Gasteiger partial charge in [-0.25, -0.2) is 0 Å². The first-order chi connectivity index (χ1) is 12.6. The maximum Gasteiger partial charge on any atom is 0.241 e. The summed E-state index contributed by atoms with van der Waals surface area (Å²) in [5.41, 5.74) is 2.96. The molecule has 0 aromatic heterocycles. The van der Waals surface area contributed by atoms with Crippen molar-refractivity contribution in [2.45, 2.75) is 32.4 Å². The molecule has 1 heterocycles. The normalized spacial score (nSPS) is 17.0. The van der Waals surface area contributed by atoms with E-state index in [2.05, 4.69) is 28.9 Å². The Morgan fingerprint density at radius 2 is 2.04 bits per heavy atom. The van der Waals surface area contributed by atoms with Gasteiger partial charge in [0.1, 0.15) is 12.4 Å². The summed E-state index contributed by atoms with van der Waals surface area (Å²) in [6.07, 6.45) is 1.94. The summed E-state index contributed by atoms with van der Waals surface area (Å²) in [4.78, 5) is 15.0. The van der Waals surface area contributed by atoms with Crippen LogP contribution >= 0.6 is 0 Å². The van der Waals surface area contributed by atoms with Crippen LogP contribution in [0.5, 0.6) is 5.75 Å². The fourth-order valence-electron chi connectivity index (χ4n) is 3.23. The molecule has 1 aliphatic heterocycles. The van der Waals surface area contributed by atoms with Crippen molar-refractivity contribution < 1.29 is 9.53 Å². The van der Waals surface area contributed by atoms with Gasteiger partial charge >= 0.3 is 0 Å². The molecule has 1 aliphatic rings. The van der Waals surface area contributed by atoms with Crippen molar-refractivity contribution in [3.05, 3.63) is 72.3 Å². The number of nitrogens with zero attached hydrogens (tertiary/aromatic N) is 1. The lowest BCUT2D eigenvalue weighted by molar-refractivity contribution is -0.120. The highest BCUT2D eigenvalue weighted by Crippen LogP contribution is 2.23. The van der Waals surface area contributed by atoms with Crippen molar-refractivity contribution in [3.8, 4) is 5.75 Å². The van der Waals surface area contributed by atoms with E-state index >= 15 is 0 Å². The van der Waals surface area contributed by atoms with Crippen molar-refractivity contribution in [3.63, 3.8) is 0 Å². The Morgan fingerprint density at radius 3 is 2.81 bits per heavy atom. The number of amides is 1. The summed E-state index contributed by atoms with van der Waals surface area (Å²) in [6, 6.07) is 17.7. The topological polar surface area (TPSA) is 41.6 Å². The number of ether oxygens (including phenoxy) is 1. The second-order valence-electron chi connectivity index (χ2n) is 6.88. The van der Waals surface area contributed by atoms with E-state index in [0.717, 1.165) is 42.9 Å². The first kappa shape index (κ1) is 18.2. The van der Waals surface area contributed by atoms with Gasteiger partial charge in [0.25, 0.3) is 0 Å². The third-order valence-corrected chi connectivity index (χ3v) is 4.48. The summed E-state index contributed by atoms with van der Waals surface area (Å²) in [5, 5.41) is 3.04. The highest BCUT2D eigenvalue weighted by Gasteiger charge is 2.30. The first-order valence-corrected chi connectivity index (χ1v) is 9.08. The van der Waals surface area contributed by atoms with Crippen LogP contribution in [0.3, 0.4) is 0 Å². The summed E-state index contributed by atoms with van der Waals surface area (Å²) in [5.74, 6) is 0.786. The number of benzene rings is 2. The third-order valence-electron chi connectivity index (χ3n) is 4.48. The lowest BCUT2D eigenvalue weighted by Crippen LogP contribution is -2.39. The third kappa shape index (κ3) is 4.96. The van der Waals surface area contributed by atoms with Gasteiger partial charge in [-0.15, -0.1) is 0 Å². The van der Waals surface area contributed by atoms with Crippen molar-refractivity contribution in [1.29, 1.82) is 0 Å². The highest BCUT2D eigenvalue weighted by molar-refractivity contribution is 5.95. The van der Waals surface area contributed by atoms with Crippen LogP contribution in [0.1, 0.15) is 25.3 Å². The maximum atomic E-state index is 12.8. The van der Waals surface area contributed by atoms with Gasteiger partial charge in [-0.2, -0.15) is 0 Å². The molecule has 136 valence electrons. The smallest absolute Gasteiger partial charge is 0.241 e. The van der Waals surface area contributed by atoms with E-state index in [1.54, 1.807) is 0 Å². The van der Waals surface area contributed by atoms with Gasteiger partial charge < -0.3 is 10.1 Å². The number of carbonyl (C=O) groups is 1. The summed E-state index contributed by atoms with van der Waals surface area (Å²) in [6.45, 7) is 8.00. The van der Waals surface area contributed by atoms with Gasteiger partial charge in [0.05, 0.1) is 6.04 Å². The number of nitrogens with one attached hydrogen (secondary N) is 1. The van der Waals surface area contributed by atoms with Crippen LogP contribution < -0.4 is 10.1 Å². The van der Waals surface area contributed by atoms with E-state index < -0.39 is 0 Å². The number of anilines is 1. The van der Waals surface area contributed by atoms with Gasteiger partial charge in [0.2, 0.25) is 5.91 Å². The number of rotatable bonds is 7. The predicted molar refractivity (Wildman–Crippen MR) is 105 cm³/mol. The Labute approximate surface area is 155 Å². The molecule has 3 rings (SSSR count). The molecule has 1 unspecified atom stereocenters. The maximum absolute atomic E-state index is 12.8. The molecule has 2 aromatic carbocycles. The van der Waals surface area contributed by atoms with Crippen LogP contribution in [0.15, 0.2) is 66.7 Å². The summed E-state index contributed by atoms with van der Waals surface area (Å²) >= 11 is 0. The monoisotopic (exact) mass is 350 g/mol. The minimum atomic E-state index is -0.0878. The Kier molecular flexibility index (Phi) is 6.08. The standard InChI is InChI=1S/C22H26N2O2/c1-17(2)16-26-20-11-6-10-19(14-20)23-22(25)21-12-7-13-24(21)15-18-8-4-3-5-9-18/h3-6,8-11,14,21H,1,7,12-13,15-16H2,2H3,(H,23,25). The van der Waals surface area contributed by atoms with Crippen LogP contribution in [0.4, 0.5) is 5.69 Å². The molecule has 1 saturated heterocycles. The zero-order valence-electron chi connectivity index (χ0n) is 15.3. The molecule has 4 nitrogen and oxygen atoms in total. The molecule has 2 aromatic rings. The van der Waals surface area contributed by atoms with Gasteiger partial charge in [-0.3, -0.25) is 9.69 Å². The van der Waals surface area contributed by atoms with Gasteiger partial charge in [0.15, 0.2) is 0 Å². The fourth-order valence-corrected chi connectivity index (χ4v) is 3.23. The molecule has 1 fully saturated rings. The number of likely N-dealkylation sites (tertiary alicyclic amines) is 1. The Morgan fingerprint density at radius 1 is 1.23 bits per heavy atom. The number of hydrogen-bond acceptors (Lipinski definition) is 3. The molecule has 0 spiro atoms. The van der Waals surface area contributed by atoms with E-state index in [1.165, 1.54) is 5.56 Å². The van der Waals surface area contributed by atoms with E-state index in [0.29, 0.717) is 6.61 Å². The fraction of sp³-hybridized carbons (Fsp3) is 0.318. The molecule has 1 atom stereocenters. The van der Waals surface area contributed by atoms with E-state index in [9.17, 15) is 4.79 Å². The minimum Gasteiger partial charge on any atom is -0.489 e. The summed E-state index contributed by atoms with van der Waals surface area (Å²) in [7, 11) is 0. The lowest BCUT2D eigenvalue weighted by atomic mass is 10.1. The second-order valence-corrected chi connectivity index (χ2v) is 6.88. The van der Waals surface area contributed by atoms with Crippen LogP contribution in [0.25, 0.3) is 0 Å². The molecule has 26 heavy (non-hydrogen) atoms. The first-order valence-electron chi connectivity index (χ1n) is 9.08. The quantitative estimate of drug-likeness (QED) is 0.759. The molecule has 0 bridgehead atoms. The van der Waals surface area contributed by atoms with Crippen LogP contribution in [0.2, 0.25) is 0 Å². The van der Waals surface area contributed by atoms with Gasteiger partial charge in [-0.05, 0) is 49.6 Å². The summed E-state index contributed by atoms with van der Waals surface area (Å²) < 4.78 is 5.65. The molecule has 0 radical (unpaired) electrons. The van der Waals surface area contributed by atoms with Crippen LogP contribution in [-0.4, -0.2) is 30.0 Å². The minimum absolute atomic E-state index is 0.0514. The second kappa shape index (κ2) is 8.68. The average molecular weight is 350 g/mol. The molecule has 0 saturated carbocycles. The van der Waals surface area contributed by atoms with Crippen molar-refractivity contribution in [2.75, 3.05) is 18.5 Å². The zero-order valence-corrected chi connectivity index (χ0v) is 15.3. The molecule has 4 heteroatoms. The Bertz CT molecular complexity index is 758. The number of carbonyl (C=O) groups excluding carboxylic acids is 1. The largest absolute Gasteiger partial charge is 0.489 e. The van der Waals surface area contributed by atoms with E-state index in [-0.39, 0.29) is 11.9 Å². The Hall–Kier alpha value is -2.59. The van der Waals surface area contributed by atoms with E-state index in [4.69, 9.17) is 4.74 Å². The number of hydrogen-bond donors (Lipinski definition) is 1. The molecular weight excluding hydrogens is 324 g/mol. The lowest BCUT2D eigenvalue weighted by Gasteiger charge is -2.23. The molecule has 1 amide bonds. The van der Waals surface area contributed by atoms with Crippen molar-refractivity contribution >= 4 is 11.6 Å². The van der Waals surface area contributed by atoms with Crippen molar-refractivity contribution in [1.82, 2.24) is 4.90 Å². The van der Waals surface area contributed by atoms with Crippen molar-refractivity contribution in [2.24, 2.45) is 0 Å². The molecule has 0 aliphatic carbocycles. The molecule has 1 N–H and O–H groups in total. The van der Waals surface area contributed by atoms with Crippen LogP contribution in [-0.2, 0) is 11.3 Å². The highest BCUT2D eigenvalue weighted by atomic mass is 16.5. The SMILES string of the molecule is C=C(C)COc1cccc(NC(=O)C2CCCN2Cc2ccccc2)c1. The van der Waals surface area contributed by atoms with Gasteiger partial charge in [-0.1, -0.05) is 43.0 Å². The van der Waals surface area contributed by atoms with Gasteiger partial charge in [0, 0.05) is 18.3 Å². The Balaban J connectivity index is 1.61. The average Bonchev–Trinajstić information content (AvgIpc) is 3.09. The molecular formula is C22H26N2O2.